The molecule has 0 N–H and O–H groups in total. The van der Waals surface area contributed by atoms with Crippen LogP contribution in [0.1, 0.15) is 44.4 Å². The van der Waals surface area contributed by atoms with Crippen LogP contribution in [-0.4, -0.2) is 27.3 Å². The highest BCUT2D eigenvalue weighted by Gasteiger charge is 2.15. The zero-order chi connectivity index (χ0) is 13.5. The second-order valence-corrected chi connectivity index (χ2v) is 5.69. The van der Waals surface area contributed by atoms with Crippen LogP contribution in [0.3, 0.4) is 0 Å². The van der Waals surface area contributed by atoms with E-state index < -0.39 is 0 Å². The summed E-state index contributed by atoms with van der Waals surface area (Å²) in [5.74, 6) is 6.87. The lowest BCUT2D eigenvalue weighted by atomic mass is 10.2. The van der Waals surface area contributed by atoms with Gasteiger partial charge in [0.15, 0.2) is 5.12 Å². The summed E-state index contributed by atoms with van der Waals surface area (Å²) < 4.78 is 7.51. The highest BCUT2D eigenvalue weighted by molar-refractivity contribution is 8.13. The predicted octanol–water partition coefficient (Wildman–Crippen LogP) is 2.60. The van der Waals surface area contributed by atoms with E-state index in [1.807, 2.05) is 10.9 Å². The molecule has 1 aromatic heterocycles. The van der Waals surface area contributed by atoms with E-state index in [1.54, 1.807) is 13.1 Å². The first-order valence-corrected chi connectivity index (χ1v) is 7.52. The molecule has 4 nitrogen and oxygen atoms in total. The summed E-state index contributed by atoms with van der Waals surface area (Å²) in [7, 11) is 0. The SMILES string of the molecule is CC(=O)SCCC#Cc1cnn([C@@H]2CCCCO2)c1. The largest absolute Gasteiger partial charge is 0.357 e. The second kappa shape index (κ2) is 7.37. The molecule has 2 rings (SSSR count). The number of carbonyl (C=O) groups is 1. The van der Waals surface area contributed by atoms with E-state index in [1.165, 1.54) is 18.2 Å². The first-order valence-electron chi connectivity index (χ1n) is 6.54. The molecule has 1 fully saturated rings. The molecule has 19 heavy (non-hydrogen) atoms. The van der Waals surface area contributed by atoms with Gasteiger partial charge in [0, 0.05) is 31.9 Å². The number of ether oxygens (including phenoxy) is 1. The molecule has 0 saturated carbocycles. The fourth-order valence-electron chi connectivity index (χ4n) is 1.90. The predicted molar refractivity (Wildman–Crippen MR) is 75.7 cm³/mol. The molecule has 1 aliphatic rings. The van der Waals surface area contributed by atoms with Crippen molar-refractivity contribution in [2.24, 2.45) is 0 Å². The maximum absolute atomic E-state index is 10.7. The van der Waals surface area contributed by atoms with E-state index in [2.05, 4.69) is 16.9 Å². The van der Waals surface area contributed by atoms with Gasteiger partial charge in [-0.05, 0) is 19.3 Å². The van der Waals surface area contributed by atoms with Crippen LogP contribution in [0.4, 0.5) is 0 Å². The van der Waals surface area contributed by atoms with Crippen molar-refractivity contribution in [3.05, 3.63) is 18.0 Å². The van der Waals surface area contributed by atoms with Crippen molar-refractivity contribution in [1.29, 1.82) is 0 Å². The molecule has 1 aliphatic heterocycles. The van der Waals surface area contributed by atoms with Crippen LogP contribution in [0.25, 0.3) is 0 Å². The van der Waals surface area contributed by atoms with Crippen LogP contribution in [0.2, 0.25) is 0 Å². The Labute approximate surface area is 117 Å². The van der Waals surface area contributed by atoms with Gasteiger partial charge in [0.25, 0.3) is 0 Å². The summed E-state index contributed by atoms with van der Waals surface area (Å²) in [4.78, 5) is 10.7. The lowest BCUT2D eigenvalue weighted by Gasteiger charge is -2.22. The normalized spacial score (nSPS) is 18.7. The topological polar surface area (TPSA) is 44.1 Å². The fraction of sp³-hybridized carbons (Fsp3) is 0.571. The van der Waals surface area contributed by atoms with Gasteiger partial charge in [-0.3, -0.25) is 4.79 Å². The standard InChI is InChI=1S/C14H18N2O2S/c1-12(17)19-9-5-3-6-13-10-15-16(11-13)14-7-2-4-8-18-14/h10-11,14H,2,4-5,7-9H2,1H3/t14-/m0/s1. The lowest BCUT2D eigenvalue weighted by molar-refractivity contribution is -0.109. The minimum absolute atomic E-state index is 0.0672. The van der Waals surface area contributed by atoms with Crippen LogP contribution >= 0.6 is 11.8 Å². The molecule has 1 saturated heterocycles. The summed E-state index contributed by atoms with van der Waals surface area (Å²) in [6.07, 6.45) is 7.83. The molecular weight excluding hydrogens is 260 g/mol. The minimum Gasteiger partial charge on any atom is -0.357 e. The summed E-state index contributed by atoms with van der Waals surface area (Å²) in [5, 5.41) is 4.44. The molecule has 0 unspecified atom stereocenters. The zero-order valence-corrected chi connectivity index (χ0v) is 11.9. The van der Waals surface area contributed by atoms with Crippen molar-refractivity contribution in [3.63, 3.8) is 0 Å². The number of thioether (sulfide) groups is 1. The first-order chi connectivity index (χ1) is 9.25. The van der Waals surface area contributed by atoms with Gasteiger partial charge < -0.3 is 4.74 Å². The van der Waals surface area contributed by atoms with Crippen molar-refractivity contribution in [2.75, 3.05) is 12.4 Å². The van der Waals surface area contributed by atoms with Gasteiger partial charge in [0.2, 0.25) is 0 Å². The van der Waals surface area contributed by atoms with Gasteiger partial charge in [-0.2, -0.15) is 5.10 Å². The van der Waals surface area contributed by atoms with E-state index in [4.69, 9.17) is 4.74 Å². The van der Waals surface area contributed by atoms with Gasteiger partial charge in [-0.15, -0.1) is 0 Å². The van der Waals surface area contributed by atoms with Gasteiger partial charge in [-0.1, -0.05) is 23.6 Å². The molecule has 0 aromatic carbocycles. The Kier molecular flexibility index (Phi) is 5.49. The van der Waals surface area contributed by atoms with E-state index >= 15 is 0 Å². The molecule has 0 spiro atoms. The Morgan fingerprint density at radius 2 is 2.53 bits per heavy atom. The van der Waals surface area contributed by atoms with Gasteiger partial charge >= 0.3 is 0 Å². The van der Waals surface area contributed by atoms with Crippen molar-refractivity contribution < 1.29 is 9.53 Å². The number of hydrogen-bond donors (Lipinski definition) is 0. The molecule has 0 radical (unpaired) electrons. The molecule has 0 aliphatic carbocycles. The molecule has 0 bridgehead atoms. The van der Waals surface area contributed by atoms with Crippen molar-refractivity contribution >= 4 is 16.9 Å². The average molecular weight is 278 g/mol. The van der Waals surface area contributed by atoms with Gasteiger partial charge in [-0.25, -0.2) is 4.68 Å². The molecule has 5 heteroatoms. The van der Waals surface area contributed by atoms with Crippen LogP contribution in [0.15, 0.2) is 12.4 Å². The number of rotatable bonds is 3. The quantitative estimate of drug-likeness (QED) is 0.630. The maximum Gasteiger partial charge on any atom is 0.185 e. The average Bonchev–Trinajstić information content (AvgIpc) is 2.88. The highest BCUT2D eigenvalue weighted by Crippen LogP contribution is 2.21. The van der Waals surface area contributed by atoms with Gasteiger partial charge in [0.05, 0.1) is 11.8 Å². The lowest BCUT2D eigenvalue weighted by Crippen LogP contribution is -2.18. The minimum atomic E-state index is 0.0672. The van der Waals surface area contributed by atoms with Crippen LogP contribution in [0.5, 0.6) is 0 Å². The van der Waals surface area contributed by atoms with E-state index in [0.717, 1.165) is 37.2 Å². The van der Waals surface area contributed by atoms with Crippen LogP contribution in [-0.2, 0) is 9.53 Å². The third kappa shape index (κ3) is 4.73. The second-order valence-electron chi connectivity index (χ2n) is 4.42. The molecular formula is C14H18N2O2S. The third-order valence-electron chi connectivity index (χ3n) is 2.82. The molecule has 0 amide bonds. The maximum atomic E-state index is 10.7. The zero-order valence-electron chi connectivity index (χ0n) is 11.1. The summed E-state index contributed by atoms with van der Waals surface area (Å²) in [6, 6.07) is 0. The van der Waals surface area contributed by atoms with Crippen LogP contribution < -0.4 is 0 Å². The smallest absolute Gasteiger partial charge is 0.185 e. The van der Waals surface area contributed by atoms with Crippen molar-refractivity contribution in [2.45, 2.75) is 38.8 Å². The third-order valence-corrected chi connectivity index (χ3v) is 3.63. The number of hydrogen-bond acceptors (Lipinski definition) is 4. The Morgan fingerprint density at radius 3 is 3.26 bits per heavy atom. The molecule has 1 aromatic rings. The molecule has 102 valence electrons. The fourth-order valence-corrected chi connectivity index (χ4v) is 2.39. The number of aromatic nitrogens is 2. The summed E-state index contributed by atoms with van der Waals surface area (Å²) in [5.41, 5.74) is 0.905. The van der Waals surface area contributed by atoms with Crippen molar-refractivity contribution in [3.8, 4) is 11.8 Å². The first kappa shape index (κ1) is 14.2. The Bertz CT molecular complexity index is 481. The Morgan fingerprint density at radius 1 is 1.63 bits per heavy atom. The van der Waals surface area contributed by atoms with E-state index in [0.29, 0.717) is 0 Å². The summed E-state index contributed by atoms with van der Waals surface area (Å²) in [6.45, 7) is 2.39. The number of nitrogens with zero attached hydrogens (tertiary/aromatic N) is 2. The van der Waals surface area contributed by atoms with E-state index in [-0.39, 0.29) is 11.3 Å². The number of carbonyl (C=O) groups excluding carboxylic acids is 1. The highest BCUT2D eigenvalue weighted by atomic mass is 32.2. The van der Waals surface area contributed by atoms with Gasteiger partial charge in [0.1, 0.15) is 6.23 Å². The Balaban J connectivity index is 1.83. The monoisotopic (exact) mass is 278 g/mol. The summed E-state index contributed by atoms with van der Waals surface area (Å²) >= 11 is 1.31. The van der Waals surface area contributed by atoms with Crippen molar-refractivity contribution in [1.82, 2.24) is 9.78 Å². The molecule has 2 heterocycles. The van der Waals surface area contributed by atoms with Crippen LogP contribution in [0, 0.1) is 11.8 Å². The Hall–Kier alpha value is -1.25. The molecule has 1 atom stereocenters. The van der Waals surface area contributed by atoms with E-state index in [9.17, 15) is 4.79 Å².